The molecule has 15 heavy (non-hydrogen) atoms. The maximum atomic E-state index is 12.3. The van der Waals surface area contributed by atoms with E-state index in [1.54, 1.807) is 0 Å². The Hall–Kier alpha value is -0.840. The molecule has 0 bridgehead atoms. The van der Waals surface area contributed by atoms with Crippen molar-refractivity contribution in [3.05, 3.63) is 35.4 Å². The summed E-state index contributed by atoms with van der Waals surface area (Å²) in [5, 5.41) is 0.447. The number of alkyl halides is 4. The summed E-state index contributed by atoms with van der Waals surface area (Å²) in [5.41, 5.74) is -0.688. The van der Waals surface area contributed by atoms with Gasteiger partial charge in [-0.1, -0.05) is 28.1 Å². The summed E-state index contributed by atoms with van der Waals surface area (Å²) in [5.74, 6) is -0.294. The molecule has 0 aliphatic rings. The lowest BCUT2D eigenvalue weighted by atomic mass is 10.1. The quantitative estimate of drug-likeness (QED) is 0.610. The summed E-state index contributed by atoms with van der Waals surface area (Å²) < 4.78 is 36.9. The van der Waals surface area contributed by atoms with Crippen LogP contribution in [0.2, 0.25) is 0 Å². The zero-order chi connectivity index (χ0) is 11.5. The lowest BCUT2D eigenvalue weighted by Gasteiger charge is -2.07. The first-order chi connectivity index (χ1) is 6.95. The number of benzene rings is 1. The number of rotatable bonds is 3. The Kier molecular flexibility index (Phi) is 3.90. The number of carbonyl (C=O) groups excluding carboxylic acids is 1. The molecule has 0 atom stereocenters. The van der Waals surface area contributed by atoms with E-state index in [0.29, 0.717) is 5.33 Å². The summed E-state index contributed by atoms with van der Waals surface area (Å²) >= 11 is 3.06. The van der Waals surface area contributed by atoms with E-state index in [1.165, 1.54) is 12.1 Å². The molecule has 0 fully saturated rings. The predicted octanol–water partition coefficient (Wildman–Crippen LogP) is 3.67. The van der Waals surface area contributed by atoms with E-state index in [1.807, 2.05) is 0 Å². The smallest absolute Gasteiger partial charge is 0.294 e. The third-order valence-electron chi connectivity index (χ3n) is 1.83. The summed E-state index contributed by atoms with van der Waals surface area (Å²) in [6, 6.07) is 4.46. The van der Waals surface area contributed by atoms with Crippen LogP contribution < -0.4 is 0 Å². The van der Waals surface area contributed by atoms with Gasteiger partial charge in [-0.3, -0.25) is 4.79 Å². The van der Waals surface area contributed by atoms with Crippen molar-refractivity contribution >= 4 is 21.7 Å². The van der Waals surface area contributed by atoms with Crippen LogP contribution in [0.5, 0.6) is 0 Å². The molecule has 82 valence electrons. The first-order valence-electron chi connectivity index (χ1n) is 4.21. The maximum Gasteiger partial charge on any atom is 0.416 e. The third kappa shape index (κ3) is 3.34. The number of Topliss-reactive ketones (excluding diaryl/α,β-unsaturated/α-hetero) is 1. The second kappa shape index (κ2) is 4.79. The van der Waals surface area contributed by atoms with Crippen LogP contribution in [0, 0.1) is 0 Å². The van der Waals surface area contributed by atoms with E-state index in [4.69, 9.17) is 0 Å². The van der Waals surface area contributed by atoms with Crippen molar-refractivity contribution in [3.63, 3.8) is 0 Å². The molecule has 0 radical (unpaired) electrons. The molecule has 5 heteroatoms. The van der Waals surface area contributed by atoms with E-state index in [0.717, 1.165) is 12.1 Å². The van der Waals surface area contributed by atoms with Crippen molar-refractivity contribution in [2.45, 2.75) is 12.6 Å². The van der Waals surface area contributed by atoms with Crippen LogP contribution in [-0.4, -0.2) is 11.1 Å². The van der Waals surface area contributed by atoms with Gasteiger partial charge in [0.2, 0.25) is 0 Å². The average molecular weight is 281 g/mol. The molecule has 0 spiro atoms. The van der Waals surface area contributed by atoms with Gasteiger partial charge in [0.1, 0.15) is 0 Å². The van der Waals surface area contributed by atoms with Gasteiger partial charge in [-0.25, -0.2) is 0 Å². The van der Waals surface area contributed by atoms with Gasteiger partial charge < -0.3 is 0 Å². The van der Waals surface area contributed by atoms with Crippen LogP contribution in [-0.2, 0) is 6.18 Å². The molecule has 0 aliphatic carbocycles. The lowest BCUT2D eigenvalue weighted by Crippen LogP contribution is -2.07. The van der Waals surface area contributed by atoms with Crippen LogP contribution in [0.3, 0.4) is 0 Å². The third-order valence-corrected chi connectivity index (χ3v) is 2.23. The van der Waals surface area contributed by atoms with Crippen molar-refractivity contribution < 1.29 is 18.0 Å². The van der Waals surface area contributed by atoms with Gasteiger partial charge in [0, 0.05) is 17.3 Å². The highest BCUT2D eigenvalue weighted by Gasteiger charge is 2.30. The van der Waals surface area contributed by atoms with Crippen molar-refractivity contribution in [2.75, 3.05) is 5.33 Å². The molecule has 1 rings (SSSR count). The van der Waals surface area contributed by atoms with Crippen LogP contribution in [0.15, 0.2) is 24.3 Å². The molecule has 1 nitrogen and oxygen atoms in total. The van der Waals surface area contributed by atoms with Crippen LogP contribution in [0.1, 0.15) is 22.3 Å². The van der Waals surface area contributed by atoms with Crippen molar-refractivity contribution in [1.29, 1.82) is 0 Å². The number of ketones is 1. The number of halogens is 4. The van der Waals surface area contributed by atoms with Gasteiger partial charge in [0.25, 0.3) is 0 Å². The molecule has 0 aliphatic heterocycles. The SMILES string of the molecule is O=C(CCBr)c1cccc(C(F)(F)F)c1. The Morgan fingerprint density at radius 3 is 2.53 bits per heavy atom. The highest BCUT2D eigenvalue weighted by molar-refractivity contribution is 9.09. The second-order valence-corrected chi connectivity index (χ2v) is 3.73. The van der Waals surface area contributed by atoms with E-state index < -0.39 is 11.7 Å². The van der Waals surface area contributed by atoms with Gasteiger partial charge in [0.05, 0.1) is 5.56 Å². The minimum Gasteiger partial charge on any atom is -0.294 e. The van der Waals surface area contributed by atoms with Crippen LogP contribution >= 0.6 is 15.9 Å². The maximum absolute atomic E-state index is 12.3. The fourth-order valence-electron chi connectivity index (χ4n) is 1.10. The highest BCUT2D eigenvalue weighted by Crippen LogP contribution is 2.29. The molecule has 0 heterocycles. The Balaban J connectivity index is 2.98. The highest BCUT2D eigenvalue weighted by atomic mass is 79.9. The van der Waals surface area contributed by atoms with Crippen molar-refractivity contribution in [2.24, 2.45) is 0 Å². The number of hydrogen-bond donors (Lipinski definition) is 0. The molecular weight excluding hydrogens is 273 g/mol. The van der Waals surface area contributed by atoms with Gasteiger partial charge >= 0.3 is 6.18 Å². The molecule has 0 aromatic heterocycles. The van der Waals surface area contributed by atoms with Gasteiger partial charge in [0.15, 0.2) is 5.78 Å². The first-order valence-corrected chi connectivity index (χ1v) is 5.33. The molecule has 0 saturated heterocycles. The molecule has 0 N–H and O–H groups in total. The molecule has 0 unspecified atom stereocenters. The van der Waals surface area contributed by atoms with Gasteiger partial charge in [-0.05, 0) is 12.1 Å². The molecule has 0 amide bonds. The summed E-state index contributed by atoms with van der Waals surface area (Å²) in [4.78, 5) is 11.3. The zero-order valence-electron chi connectivity index (χ0n) is 7.64. The predicted molar refractivity (Wildman–Crippen MR) is 54.2 cm³/mol. The largest absolute Gasteiger partial charge is 0.416 e. The monoisotopic (exact) mass is 280 g/mol. The summed E-state index contributed by atoms with van der Waals surface area (Å²) in [6.07, 6.45) is -4.20. The molecule has 1 aromatic rings. The Labute approximate surface area is 93.4 Å². The van der Waals surface area contributed by atoms with E-state index >= 15 is 0 Å². The Bertz CT molecular complexity index is 360. The van der Waals surface area contributed by atoms with Gasteiger partial charge in [-0.2, -0.15) is 13.2 Å². The molecular formula is C10H8BrF3O. The number of hydrogen-bond acceptors (Lipinski definition) is 1. The van der Waals surface area contributed by atoms with E-state index in [9.17, 15) is 18.0 Å². The lowest BCUT2D eigenvalue weighted by molar-refractivity contribution is -0.137. The zero-order valence-corrected chi connectivity index (χ0v) is 9.23. The first kappa shape index (κ1) is 12.2. The fourth-order valence-corrected chi connectivity index (χ4v) is 1.46. The van der Waals surface area contributed by atoms with Crippen LogP contribution in [0.25, 0.3) is 0 Å². The minimum absolute atomic E-state index is 0.101. The van der Waals surface area contributed by atoms with E-state index in [-0.39, 0.29) is 17.8 Å². The second-order valence-electron chi connectivity index (χ2n) is 2.94. The molecule has 0 saturated carbocycles. The Morgan fingerprint density at radius 1 is 1.33 bits per heavy atom. The Morgan fingerprint density at radius 2 is 2.00 bits per heavy atom. The topological polar surface area (TPSA) is 17.1 Å². The molecule has 1 aromatic carbocycles. The summed E-state index contributed by atoms with van der Waals surface area (Å²) in [6.45, 7) is 0. The average Bonchev–Trinajstić information content (AvgIpc) is 2.17. The van der Waals surface area contributed by atoms with Crippen LogP contribution in [0.4, 0.5) is 13.2 Å². The number of carbonyl (C=O) groups is 1. The fraction of sp³-hybridized carbons (Fsp3) is 0.300. The minimum atomic E-state index is -4.40. The van der Waals surface area contributed by atoms with Crippen molar-refractivity contribution in [1.82, 2.24) is 0 Å². The normalized spacial score (nSPS) is 11.5. The van der Waals surface area contributed by atoms with Crippen molar-refractivity contribution in [3.8, 4) is 0 Å². The van der Waals surface area contributed by atoms with Gasteiger partial charge in [-0.15, -0.1) is 0 Å². The van der Waals surface area contributed by atoms with E-state index in [2.05, 4.69) is 15.9 Å². The standard InChI is InChI=1S/C10H8BrF3O/c11-5-4-9(15)7-2-1-3-8(6-7)10(12,13)14/h1-3,6H,4-5H2. The summed E-state index contributed by atoms with van der Waals surface area (Å²) in [7, 11) is 0.